The SMILES string of the molecule is CN1CCCCC(C)(C)CC1=O. The molecule has 2 heteroatoms. The first-order valence-electron chi connectivity index (χ1n) is 4.75. The van der Waals surface area contributed by atoms with Gasteiger partial charge in [0.1, 0.15) is 0 Å². The van der Waals surface area contributed by atoms with Crippen molar-refractivity contribution in [1.82, 2.24) is 4.90 Å². The van der Waals surface area contributed by atoms with Gasteiger partial charge < -0.3 is 4.90 Å². The molecule has 0 radical (unpaired) electrons. The number of amides is 1. The van der Waals surface area contributed by atoms with Gasteiger partial charge in [0.2, 0.25) is 5.91 Å². The summed E-state index contributed by atoms with van der Waals surface area (Å²) in [5, 5.41) is 0. The number of carbonyl (C=O) groups excluding carboxylic acids is 1. The van der Waals surface area contributed by atoms with Gasteiger partial charge in [-0.2, -0.15) is 0 Å². The predicted molar refractivity (Wildman–Crippen MR) is 49.9 cm³/mol. The lowest BCUT2D eigenvalue weighted by molar-refractivity contribution is -0.132. The summed E-state index contributed by atoms with van der Waals surface area (Å²) in [7, 11) is 1.91. The van der Waals surface area contributed by atoms with Crippen molar-refractivity contribution in [3.63, 3.8) is 0 Å². The lowest BCUT2D eigenvalue weighted by atomic mass is 9.82. The highest BCUT2D eigenvalue weighted by atomic mass is 16.2. The van der Waals surface area contributed by atoms with Crippen LogP contribution in [0.15, 0.2) is 0 Å². The number of likely N-dealkylation sites (tertiary alicyclic amines) is 1. The van der Waals surface area contributed by atoms with Gasteiger partial charge in [-0.3, -0.25) is 4.79 Å². The standard InChI is InChI=1S/C10H19NO/c1-10(2)6-4-5-7-11(3)9(12)8-10/h4-8H2,1-3H3. The van der Waals surface area contributed by atoms with Gasteiger partial charge in [-0.05, 0) is 18.3 Å². The quantitative estimate of drug-likeness (QED) is 0.543. The van der Waals surface area contributed by atoms with Crippen molar-refractivity contribution in [2.24, 2.45) is 5.41 Å². The molecular weight excluding hydrogens is 150 g/mol. The second-order valence-corrected chi connectivity index (χ2v) is 4.61. The molecule has 70 valence electrons. The molecule has 0 bridgehead atoms. The van der Waals surface area contributed by atoms with Crippen LogP contribution in [-0.4, -0.2) is 24.4 Å². The van der Waals surface area contributed by atoms with Gasteiger partial charge in [-0.15, -0.1) is 0 Å². The van der Waals surface area contributed by atoms with Gasteiger partial charge in [0.05, 0.1) is 0 Å². The molecule has 0 unspecified atom stereocenters. The second-order valence-electron chi connectivity index (χ2n) is 4.61. The highest BCUT2D eigenvalue weighted by Gasteiger charge is 2.25. The van der Waals surface area contributed by atoms with Crippen molar-refractivity contribution in [2.45, 2.75) is 39.5 Å². The topological polar surface area (TPSA) is 20.3 Å². The van der Waals surface area contributed by atoms with E-state index in [9.17, 15) is 4.79 Å². The maximum Gasteiger partial charge on any atom is 0.222 e. The van der Waals surface area contributed by atoms with Gasteiger partial charge in [0, 0.05) is 20.0 Å². The van der Waals surface area contributed by atoms with E-state index in [1.807, 2.05) is 11.9 Å². The Kier molecular flexibility index (Phi) is 2.76. The number of hydrogen-bond donors (Lipinski definition) is 0. The fourth-order valence-electron chi connectivity index (χ4n) is 1.71. The molecule has 0 aromatic rings. The molecule has 1 aliphatic rings. The van der Waals surface area contributed by atoms with Gasteiger partial charge in [0.15, 0.2) is 0 Å². The molecule has 0 N–H and O–H groups in total. The fraction of sp³-hybridized carbons (Fsp3) is 0.900. The molecular formula is C10H19NO. The van der Waals surface area contributed by atoms with Crippen molar-refractivity contribution >= 4 is 5.91 Å². The first kappa shape index (κ1) is 9.56. The third kappa shape index (κ3) is 2.50. The molecule has 1 aliphatic heterocycles. The van der Waals surface area contributed by atoms with Gasteiger partial charge >= 0.3 is 0 Å². The Balaban J connectivity index is 2.59. The zero-order valence-electron chi connectivity index (χ0n) is 8.39. The van der Waals surface area contributed by atoms with Crippen molar-refractivity contribution in [1.29, 1.82) is 0 Å². The van der Waals surface area contributed by atoms with Gasteiger partial charge in [0.25, 0.3) is 0 Å². The van der Waals surface area contributed by atoms with Crippen molar-refractivity contribution in [3.05, 3.63) is 0 Å². The van der Waals surface area contributed by atoms with Crippen molar-refractivity contribution in [2.75, 3.05) is 13.6 Å². The van der Waals surface area contributed by atoms with Crippen LogP contribution in [0.5, 0.6) is 0 Å². The van der Waals surface area contributed by atoms with Crippen LogP contribution in [-0.2, 0) is 4.79 Å². The summed E-state index contributed by atoms with van der Waals surface area (Å²) in [4.78, 5) is 13.4. The molecule has 0 atom stereocenters. The average Bonchev–Trinajstić information content (AvgIpc) is 1.95. The number of rotatable bonds is 0. The van der Waals surface area contributed by atoms with E-state index in [4.69, 9.17) is 0 Å². The lowest BCUT2D eigenvalue weighted by Crippen LogP contribution is -2.33. The first-order valence-corrected chi connectivity index (χ1v) is 4.75. The average molecular weight is 169 g/mol. The Morgan fingerprint density at radius 1 is 1.33 bits per heavy atom. The highest BCUT2D eigenvalue weighted by molar-refractivity contribution is 5.76. The minimum atomic E-state index is 0.214. The zero-order valence-corrected chi connectivity index (χ0v) is 8.39. The summed E-state index contributed by atoms with van der Waals surface area (Å²) in [6, 6.07) is 0. The van der Waals surface area contributed by atoms with Crippen LogP contribution in [0.3, 0.4) is 0 Å². The van der Waals surface area contributed by atoms with Crippen LogP contribution in [0.2, 0.25) is 0 Å². The molecule has 1 fully saturated rings. The molecule has 2 nitrogen and oxygen atoms in total. The summed E-state index contributed by atoms with van der Waals surface area (Å²) < 4.78 is 0. The first-order chi connectivity index (χ1) is 5.51. The normalized spacial score (nSPS) is 24.9. The Labute approximate surface area is 74.9 Å². The number of nitrogens with zero attached hydrogens (tertiary/aromatic N) is 1. The van der Waals surface area contributed by atoms with E-state index in [0.29, 0.717) is 12.3 Å². The van der Waals surface area contributed by atoms with E-state index in [1.165, 1.54) is 12.8 Å². The highest BCUT2D eigenvalue weighted by Crippen LogP contribution is 2.29. The van der Waals surface area contributed by atoms with Crippen LogP contribution in [0.1, 0.15) is 39.5 Å². The summed E-state index contributed by atoms with van der Waals surface area (Å²) in [5.41, 5.74) is 0.214. The zero-order chi connectivity index (χ0) is 9.19. The molecule has 0 aliphatic carbocycles. The molecule has 12 heavy (non-hydrogen) atoms. The largest absolute Gasteiger partial charge is 0.346 e. The van der Waals surface area contributed by atoms with Gasteiger partial charge in [-0.1, -0.05) is 20.3 Å². The summed E-state index contributed by atoms with van der Waals surface area (Å²) in [6.45, 7) is 5.31. The van der Waals surface area contributed by atoms with Crippen LogP contribution in [0.4, 0.5) is 0 Å². The molecule has 1 amide bonds. The molecule has 1 saturated heterocycles. The summed E-state index contributed by atoms with van der Waals surface area (Å²) >= 11 is 0. The molecule has 1 heterocycles. The minimum absolute atomic E-state index is 0.214. The van der Waals surface area contributed by atoms with E-state index in [1.54, 1.807) is 0 Å². The number of hydrogen-bond acceptors (Lipinski definition) is 1. The van der Waals surface area contributed by atoms with E-state index in [-0.39, 0.29) is 5.41 Å². The van der Waals surface area contributed by atoms with E-state index in [0.717, 1.165) is 13.0 Å². The van der Waals surface area contributed by atoms with Crippen LogP contribution < -0.4 is 0 Å². The molecule has 0 aromatic heterocycles. The van der Waals surface area contributed by atoms with E-state index < -0.39 is 0 Å². The smallest absolute Gasteiger partial charge is 0.222 e. The van der Waals surface area contributed by atoms with E-state index in [2.05, 4.69) is 13.8 Å². The predicted octanol–water partition coefficient (Wildman–Crippen LogP) is 2.04. The third-order valence-electron chi connectivity index (χ3n) is 2.65. The van der Waals surface area contributed by atoms with Crippen LogP contribution >= 0.6 is 0 Å². The molecule has 1 rings (SSSR count). The Morgan fingerprint density at radius 2 is 2.00 bits per heavy atom. The number of carbonyl (C=O) groups is 1. The molecule has 0 spiro atoms. The maximum atomic E-state index is 11.5. The third-order valence-corrected chi connectivity index (χ3v) is 2.65. The van der Waals surface area contributed by atoms with Crippen molar-refractivity contribution < 1.29 is 4.79 Å². The van der Waals surface area contributed by atoms with Crippen molar-refractivity contribution in [3.8, 4) is 0 Å². The monoisotopic (exact) mass is 169 g/mol. The molecule has 0 saturated carbocycles. The minimum Gasteiger partial charge on any atom is -0.346 e. The summed E-state index contributed by atoms with van der Waals surface area (Å²) in [6.07, 6.45) is 4.31. The Hall–Kier alpha value is -0.530. The Bertz CT molecular complexity index is 175. The lowest BCUT2D eigenvalue weighted by Gasteiger charge is -2.30. The van der Waals surface area contributed by atoms with Crippen LogP contribution in [0, 0.1) is 5.41 Å². The maximum absolute atomic E-state index is 11.5. The van der Waals surface area contributed by atoms with Gasteiger partial charge in [-0.25, -0.2) is 0 Å². The molecule has 0 aromatic carbocycles. The van der Waals surface area contributed by atoms with Crippen LogP contribution in [0.25, 0.3) is 0 Å². The Morgan fingerprint density at radius 3 is 2.67 bits per heavy atom. The summed E-state index contributed by atoms with van der Waals surface area (Å²) in [5.74, 6) is 0.305. The fourth-order valence-corrected chi connectivity index (χ4v) is 1.71. The van der Waals surface area contributed by atoms with E-state index >= 15 is 0 Å². The second kappa shape index (κ2) is 3.46.